The van der Waals surface area contributed by atoms with E-state index in [2.05, 4.69) is 25.1 Å². The standard InChI is InChI=1S/C20H26N2O2.C6H10O.C2H6/c1-6-17(22-18(23)13-20(3,4)5)12-7-14(2)19(24)15-8-10-16(21)11-9-15;1-6(2)3-5(6)4-7;1-2/h1,7-12,19,24H,13,21H2,2-5H3,(H,22,23);4-5H,3H2,1-2H3;1-2H3/b14-7+,17-12+;;. The summed E-state index contributed by atoms with van der Waals surface area (Å²) in [7, 11) is 0. The van der Waals surface area contributed by atoms with Crippen molar-refractivity contribution in [3.63, 3.8) is 0 Å². The normalized spacial score (nSPS) is 17.8. The number of amides is 1. The summed E-state index contributed by atoms with van der Waals surface area (Å²) in [5.74, 6) is 2.69. The van der Waals surface area contributed by atoms with Crippen molar-refractivity contribution in [1.29, 1.82) is 0 Å². The molecule has 2 rings (SSSR count). The third kappa shape index (κ3) is 12.1. The summed E-state index contributed by atoms with van der Waals surface area (Å²) in [5, 5.41) is 13.0. The van der Waals surface area contributed by atoms with Gasteiger partial charge in [0.2, 0.25) is 5.91 Å². The van der Waals surface area contributed by atoms with Crippen molar-refractivity contribution in [2.75, 3.05) is 5.73 Å². The van der Waals surface area contributed by atoms with Crippen LogP contribution < -0.4 is 11.1 Å². The molecule has 1 aromatic carbocycles. The Labute approximate surface area is 200 Å². The van der Waals surface area contributed by atoms with Crippen molar-refractivity contribution in [3.8, 4) is 12.3 Å². The maximum atomic E-state index is 11.9. The second-order valence-electron chi connectivity index (χ2n) is 9.93. The maximum Gasteiger partial charge on any atom is 0.225 e. The van der Waals surface area contributed by atoms with Gasteiger partial charge >= 0.3 is 0 Å². The number of benzene rings is 1. The van der Waals surface area contributed by atoms with E-state index in [1.165, 1.54) is 0 Å². The topological polar surface area (TPSA) is 92.4 Å². The molecular weight excluding hydrogens is 412 g/mol. The van der Waals surface area contributed by atoms with Gasteiger partial charge in [0, 0.05) is 18.0 Å². The van der Waals surface area contributed by atoms with E-state index in [0.717, 1.165) is 18.3 Å². The first kappa shape index (κ1) is 30.2. The van der Waals surface area contributed by atoms with E-state index >= 15 is 0 Å². The molecule has 33 heavy (non-hydrogen) atoms. The number of terminal acetylenes is 1. The average Bonchev–Trinajstić information content (AvgIpc) is 3.38. The van der Waals surface area contributed by atoms with Gasteiger partial charge in [0.25, 0.3) is 0 Å². The molecule has 5 heteroatoms. The lowest BCUT2D eigenvalue weighted by Gasteiger charge is -2.17. The summed E-state index contributed by atoms with van der Waals surface area (Å²) in [5.41, 5.74) is 8.34. The largest absolute Gasteiger partial charge is 0.399 e. The van der Waals surface area contributed by atoms with Gasteiger partial charge in [-0.3, -0.25) is 4.79 Å². The Morgan fingerprint density at radius 2 is 1.79 bits per heavy atom. The molecule has 0 aromatic heterocycles. The highest BCUT2D eigenvalue weighted by atomic mass is 16.3. The molecular formula is C28H42N2O3. The molecule has 1 fully saturated rings. The quantitative estimate of drug-likeness (QED) is 0.227. The summed E-state index contributed by atoms with van der Waals surface area (Å²) >= 11 is 0. The number of hydrogen-bond donors (Lipinski definition) is 3. The molecule has 0 radical (unpaired) electrons. The molecule has 4 N–H and O–H groups in total. The Bertz CT molecular complexity index is 866. The fourth-order valence-corrected chi connectivity index (χ4v) is 2.79. The minimum atomic E-state index is -0.758. The summed E-state index contributed by atoms with van der Waals surface area (Å²) < 4.78 is 0. The first-order valence-corrected chi connectivity index (χ1v) is 11.4. The van der Waals surface area contributed by atoms with Crippen LogP contribution >= 0.6 is 0 Å². The summed E-state index contributed by atoms with van der Waals surface area (Å²) in [6, 6.07) is 7.02. The average molecular weight is 455 g/mol. The second kappa shape index (κ2) is 13.6. The number of nitrogens with one attached hydrogen (secondary N) is 1. The highest BCUT2D eigenvalue weighted by Crippen LogP contribution is 2.49. The molecule has 0 saturated heterocycles. The monoisotopic (exact) mass is 454 g/mol. The van der Waals surface area contributed by atoms with E-state index in [0.29, 0.717) is 34.7 Å². The van der Waals surface area contributed by atoms with Crippen molar-refractivity contribution >= 4 is 17.9 Å². The summed E-state index contributed by atoms with van der Waals surface area (Å²) in [6.07, 6.45) is 10.5. The molecule has 0 aliphatic heterocycles. The Balaban J connectivity index is 0.000000950. The van der Waals surface area contributed by atoms with Crippen LogP contribution in [-0.4, -0.2) is 17.3 Å². The lowest BCUT2D eigenvalue weighted by Crippen LogP contribution is -2.26. The van der Waals surface area contributed by atoms with E-state index in [-0.39, 0.29) is 11.3 Å². The molecule has 1 aliphatic carbocycles. The van der Waals surface area contributed by atoms with Crippen LogP contribution in [0.2, 0.25) is 0 Å². The second-order valence-corrected chi connectivity index (χ2v) is 9.93. The van der Waals surface area contributed by atoms with E-state index in [4.69, 9.17) is 12.2 Å². The Morgan fingerprint density at radius 3 is 2.15 bits per heavy atom. The molecule has 5 nitrogen and oxygen atoms in total. The molecule has 0 bridgehead atoms. The number of aldehydes is 1. The summed E-state index contributed by atoms with van der Waals surface area (Å²) in [4.78, 5) is 21.9. The van der Waals surface area contributed by atoms with Gasteiger partial charge in [-0.1, -0.05) is 72.6 Å². The molecule has 0 heterocycles. The molecule has 0 spiro atoms. The first-order valence-electron chi connectivity index (χ1n) is 11.4. The molecule has 1 aromatic rings. The van der Waals surface area contributed by atoms with Crippen molar-refractivity contribution < 1.29 is 14.7 Å². The highest BCUT2D eigenvalue weighted by molar-refractivity contribution is 5.79. The first-order chi connectivity index (χ1) is 15.3. The van der Waals surface area contributed by atoms with Gasteiger partial charge in [-0.05, 0) is 53.5 Å². The van der Waals surface area contributed by atoms with E-state index in [1.54, 1.807) is 43.3 Å². The number of nitrogens with two attached hydrogens (primary N) is 1. The minimum absolute atomic E-state index is 0.110. The Kier molecular flexibility index (Phi) is 12.5. The van der Waals surface area contributed by atoms with Crippen molar-refractivity contribution in [3.05, 3.63) is 53.3 Å². The zero-order valence-corrected chi connectivity index (χ0v) is 21.5. The lowest BCUT2D eigenvalue weighted by atomic mass is 9.92. The number of aliphatic hydroxyl groups is 1. The van der Waals surface area contributed by atoms with Gasteiger partial charge in [-0.25, -0.2) is 0 Å². The van der Waals surface area contributed by atoms with Crippen molar-refractivity contribution in [2.24, 2.45) is 16.7 Å². The molecule has 182 valence electrons. The van der Waals surface area contributed by atoms with Crippen LogP contribution in [-0.2, 0) is 9.59 Å². The number of hydrogen-bond acceptors (Lipinski definition) is 4. The zero-order chi connectivity index (χ0) is 25.8. The van der Waals surface area contributed by atoms with Gasteiger partial charge in [-0.2, -0.15) is 0 Å². The van der Waals surface area contributed by atoms with Gasteiger partial charge in [0.15, 0.2) is 0 Å². The Hall–Kier alpha value is -2.84. The van der Waals surface area contributed by atoms with E-state index < -0.39 is 6.10 Å². The number of allylic oxidation sites excluding steroid dienone is 3. The fourth-order valence-electron chi connectivity index (χ4n) is 2.79. The number of nitrogen functional groups attached to an aromatic ring is 1. The van der Waals surface area contributed by atoms with Crippen LogP contribution in [0.25, 0.3) is 0 Å². The molecule has 1 aliphatic rings. The van der Waals surface area contributed by atoms with Gasteiger partial charge in [0.05, 0.1) is 5.70 Å². The van der Waals surface area contributed by atoms with Gasteiger partial charge in [-0.15, -0.1) is 6.42 Å². The summed E-state index contributed by atoms with van der Waals surface area (Å²) in [6.45, 7) is 16.0. The van der Waals surface area contributed by atoms with Crippen LogP contribution in [0.1, 0.15) is 79.9 Å². The van der Waals surface area contributed by atoms with Gasteiger partial charge in [0.1, 0.15) is 12.4 Å². The third-order valence-corrected chi connectivity index (χ3v) is 5.07. The number of anilines is 1. The predicted molar refractivity (Wildman–Crippen MR) is 138 cm³/mol. The van der Waals surface area contributed by atoms with Crippen LogP contribution in [0.15, 0.2) is 47.7 Å². The van der Waals surface area contributed by atoms with Crippen molar-refractivity contribution in [1.82, 2.24) is 5.32 Å². The molecule has 1 saturated carbocycles. The zero-order valence-electron chi connectivity index (χ0n) is 21.5. The van der Waals surface area contributed by atoms with E-state index in [9.17, 15) is 14.7 Å². The molecule has 2 unspecified atom stereocenters. The maximum absolute atomic E-state index is 11.9. The molecule has 2 atom stereocenters. The van der Waals surface area contributed by atoms with Gasteiger partial charge < -0.3 is 21.0 Å². The van der Waals surface area contributed by atoms with Crippen LogP contribution in [0.4, 0.5) is 5.69 Å². The number of carbonyl (C=O) groups is 2. The third-order valence-electron chi connectivity index (χ3n) is 5.07. The predicted octanol–water partition coefficient (Wildman–Crippen LogP) is 5.58. The SMILES string of the molecule is C#C/C(=C\C=C(/C)C(O)c1ccc(N)cc1)NC(=O)CC(C)(C)C.CC.CC1(C)CC1C=O. The van der Waals surface area contributed by atoms with Crippen LogP contribution in [0.3, 0.4) is 0 Å². The van der Waals surface area contributed by atoms with Crippen molar-refractivity contribution in [2.45, 2.75) is 74.3 Å². The highest BCUT2D eigenvalue weighted by Gasteiger charge is 2.45. The smallest absolute Gasteiger partial charge is 0.225 e. The lowest BCUT2D eigenvalue weighted by molar-refractivity contribution is -0.122. The minimum Gasteiger partial charge on any atom is -0.399 e. The van der Waals surface area contributed by atoms with Crippen LogP contribution in [0, 0.1) is 29.1 Å². The number of aliphatic hydroxyl groups excluding tert-OH is 1. The van der Waals surface area contributed by atoms with E-state index in [1.807, 2.05) is 34.6 Å². The number of carbonyl (C=O) groups excluding carboxylic acids is 2. The Morgan fingerprint density at radius 1 is 1.27 bits per heavy atom. The number of rotatable bonds is 6. The fraction of sp³-hybridized carbons (Fsp3) is 0.500. The van der Waals surface area contributed by atoms with Crippen LogP contribution in [0.5, 0.6) is 0 Å². The molecule has 1 amide bonds.